The third-order valence-corrected chi connectivity index (χ3v) is 5.86. The molecule has 134 valence electrons. The summed E-state index contributed by atoms with van der Waals surface area (Å²) in [5.41, 5.74) is -1.05. The highest BCUT2D eigenvalue weighted by molar-refractivity contribution is 7.91. The monoisotopic (exact) mass is 384 g/mol. The number of benzene rings is 1. The molecule has 0 saturated carbocycles. The van der Waals surface area contributed by atoms with Gasteiger partial charge in [0.05, 0.1) is 28.6 Å². The van der Waals surface area contributed by atoms with E-state index in [1.165, 1.54) is 6.07 Å². The molecule has 1 aromatic rings. The number of carbonyl (C=O) groups excluding carboxylic acids is 1. The van der Waals surface area contributed by atoms with Crippen LogP contribution in [0.5, 0.6) is 0 Å². The molecular formula is C14H16ClF3N2O3S. The number of carbonyl (C=O) groups is 1. The lowest BCUT2D eigenvalue weighted by atomic mass is 10.2. The Morgan fingerprint density at radius 3 is 2.62 bits per heavy atom. The molecule has 0 aliphatic carbocycles. The Morgan fingerprint density at radius 2 is 2.08 bits per heavy atom. The molecule has 5 nitrogen and oxygen atoms in total. The number of rotatable bonds is 4. The van der Waals surface area contributed by atoms with Gasteiger partial charge in [-0.15, -0.1) is 0 Å². The number of hydrogen-bond donors (Lipinski definition) is 1. The van der Waals surface area contributed by atoms with Gasteiger partial charge in [0.25, 0.3) is 0 Å². The second-order valence-electron chi connectivity index (χ2n) is 5.71. The van der Waals surface area contributed by atoms with Crippen LogP contribution in [0.4, 0.5) is 18.9 Å². The minimum absolute atomic E-state index is 0.0179. The zero-order valence-corrected chi connectivity index (χ0v) is 14.3. The fourth-order valence-electron chi connectivity index (χ4n) is 2.50. The van der Waals surface area contributed by atoms with E-state index in [1.807, 2.05) is 0 Å². The van der Waals surface area contributed by atoms with Crippen molar-refractivity contribution >= 4 is 33.0 Å². The zero-order chi connectivity index (χ0) is 18.1. The average Bonchev–Trinajstić information content (AvgIpc) is 2.80. The summed E-state index contributed by atoms with van der Waals surface area (Å²) in [5, 5.41) is 1.92. The van der Waals surface area contributed by atoms with Gasteiger partial charge in [-0.25, -0.2) is 8.42 Å². The normalized spacial score (nSPS) is 20.3. The summed E-state index contributed by atoms with van der Waals surface area (Å²) in [5.74, 6) is -0.469. The summed E-state index contributed by atoms with van der Waals surface area (Å²) in [6.07, 6.45) is -4.18. The Kier molecular flexibility index (Phi) is 5.46. The van der Waals surface area contributed by atoms with Crippen LogP contribution in [-0.2, 0) is 20.8 Å². The standard InChI is InChI=1S/C14H16ClF3N2O3S/c1-20(10-4-5-24(22,23)8-10)7-13(21)19-9-2-3-12(15)11(6-9)14(16,17)18/h2-3,6,10H,4-5,7-8H2,1H3,(H,19,21). The summed E-state index contributed by atoms with van der Waals surface area (Å²) in [6, 6.07) is 2.83. The van der Waals surface area contributed by atoms with Crippen molar-refractivity contribution in [2.75, 3.05) is 30.4 Å². The second-order valence-corrected chi connectivity index (χ2v) is 8.35. The number of nitrogens with zero attached hydrogens (tertiary/aromatic N) is 1. The molecule has 1 unspecified atom stereocenters. The Morgan fingerprint density at radius 1 is 1.42 bits per heavy atom. The lowest BCUT2D eigenvalue weighted by Gasteiger charge is -2.22. The van der Waals surface area contributed by atoms with Crippen molar-refractivity contribution < 1.29 is 26.4 Å². The maximum absolute atomic E-state index is 12.8. The van der Waals surface area contributed by atoms with E-state index in [-0.39, 0.29) is 29.8 Å². The van der Waals surface area contributed by atoms with E-state index in [9.17, 15) is 26.4 Å². The molecule has 1 atom stereocenters. The van der Waals surface area contributed by atoms with Gasteiger partial charge in [-0.3, -0.25) is 9.69 Å². The molecule has 1 aliphatic rings. The molecule has 10 heteroatoms. The smallest absolute Gasteiger partial charge is 0.325 e. The van der Waals surface area contributed by atoms with Crippen molar-refractivity contribution in [3.63, 3.8) is 0 Å². The van der Waals surface area contributed by atoms with Gasteiger partial charge in [0.2, 0.25) is 5.91 Å². The number of likely N-dealkylation sites (N-methyl/N-ethyl adjacent to an activating group) is 1. The van der Waals surface area contributed by atoms with Crippen LogP contribution < -0.4 is 5.32 Å². The van der Waals surface area contributed by atoms with Gasteiger partial charge in [-0.05, 0) is 31.7 Å². The number of hydrogen-bond acceptors (Lipinski definition) is 4. The number of anilines is 1. The predicted molar refractivity (Wildman–Crippen MR) is 84.8 cm³/mol. The number of halogens is 4. The van der Waals surface area contributed by atoms with Gasteiger partial charge in [0, 0.05) is 11.7 Å². The van der Waals surface area contributed by atoms with E-state index < -0.39 is 32.5 Å². The number of sulfone groups is 1. The minimum Gasteiger partial charge on any atom is -0.325 e. The van der Waals surface area contributed by atoms with E-state index in [0.717, 1.165) is 12.1 Å². The van der Waals surface area contributed by atoms with Crippen molar-refractivity contribution in [3.05, 3.63) is 28.8 Å². The van der Waals surface area contributed by atoms with E-state index in [2.05, 4.69) is 5.32 Å². The van der Waals surface area contributed by atoms with E-state index in [1.54, 1.807) is 11.9 Å². The summed E-state index contributed by atoms with van der Waals surface area (Å²) in [6.45, 7) is -0.121. The maximum Gasteiger partial charge on any atom is 0.417 e. The van der Waals surface area contributed by atoms with Gasteiger partial charge >= 0.3 is 6.18 Å². The van der Waals surface area contributed by atoms with Crippen LogP contribution in [0.15, 0.2) is 18.2 Å². The third kappa shape index (κ3) is 4.84. The van der Waals surface area contributed by atoms with Crippen LogP contribution in [0.3, 0.4) is 0 Å². The van der Waals surface area contributed by atoms with Crippen LogP contribution in [0.1, 0.15) is 12.0 Å². The molecule has 24 heavy (non-hydrogen) atoms. The van der Waals surface area contributed by atoms with E-state index >= 15 is 0 Å². The summed E-state index contributed by atoms with van der Waals surface area (Å²) in [4.78, 5) is 13.6. The Bertz CT molecular complexity index is 737. The summed E-state index contributed by atoms with van der Waals surface area (Å²) < 4.78 is 61.3. The molecule has 1 amide bonds. The highest BCUT2D eigenvalue weighted by atomic mass is 35.5. The van der Waals surface area contributed by atoms with Gasteiger partial charge in [-0.2, -0.15) is 13.2 Å². The molecule has 1 heterocycles. The van der Waals surface area contributed by atoms with Gasteiger partial charge in [0.1, 0.15) is 0 Å². The molecule has 1 N–H and O–H groups in total. The van der Waals surface area contributed by atoms with Crippen LogP contribution in [-0.4, -0.2) is 50.4 Å². The van der Waals surface area contributed by atoms with Gasteiger partial charge in [-0.1, -0.05) is 11.6 Å². The number of amides is 1. The maximum atomic E-state index is 12.8. The lowest BCUT2D eigenvalue weighted by molar-refractivity contribution is -0.137. The van der Waals surface area contributed by atoms with Crippen LogP contribution in [0.25, 0.3) is 0 Å². The molecule has 1 aromatic carbocycles. The largest absolute Gasteiger partial charge is 0.417 e. The molecule has 0 radical (unpaired) electrons. The number of nitrogens with one attached hydrogen (secondary N) is 1. The molecule has 0 spiro atoms. The Hall–Kier alpha value is -1.32. The molecule has 2 rings (SSSR count). The van der Waals surface area contributed by atoms with Crippen molar-refractivity contribution in [3.8, 4) is 0 Å². The summed E-state index contributed by atoms with van der Waals surface area (Å²) in [7, 11) is -1.47. The van der Waals surface area contributed by atoms with Gasteiger partial charge < -0.3 is 5.32 Å². The highest BCUT2D eigenvalue weighted by Gasteiger charge is 2.34. The minimum atomic E-state index is -4.62. The first-order valence-corrected chi connectivity index (χ1v) is 9.25. The van der Waals surface area contributed by atoms with Gasteiger partial charge in [0.15, 0.2) is 9.84 Å². The van der Waals surface area contributed by atoms with Crippen LogP contribution in [0.2, 0.25) is 5.02 Å². The quantitative estimate of drug-likeness (QED) is 0.865. The second kappa shape index (κ2) is 6.89. The zero-order valence-electron chi connectivity index (χ0n) is 12.7. The number of alkyl halides is 3. The molecule has 0 bridgehead atoms. The van der Waals surface area contributed by atoms with Crippen molar-refractivity contribution in [1.29, 1.82) is 0 Å². The first-order valence-electron chi connectivity index (χ1n) is 7.05. The molecular weight excluding hydrogens is 369 g/mol. The van der Waals surface area contributed by atoms with Crippen molar-refractivity contribution in [1.82, 2.24) is 4.90 Å². The summed E-state index contributed by atoms with van der Waals surface area (Å²) >= 11 is 5.52. The SMILES string of the molecule is CN(CC(=O)Nc1ccc(Cl)c(C(F)(F)F)c1)C1CCS(=O)(=O)C1. The molecule has 1 fully saturated rings. The van der Waals surface area contributed by atoms with Crippen LogP contribution >= 0.6 is 11.6 Å². The first kappa shape index (κ1) is 19.0. The fourth-order valence-corrected chi connectivity index (χ4v) is 4.53. The van der Waals surface area contributed by atoms with Crippen molar-refractivity contribution in [2.24, 2.45) is 0 Å². The van der Waals surface area contributed by atoms with Crippen molar-refractivity contribution in [2.45, 2.75) is 18.6 Å². The highest BCUT2D eigenvalue weighted by Crippen LogP contribution is 2.36. The Labute approximate surface area is 142 Å². The van der Waals surface area contributed by atoms with Crippen LogP contribution in [0, 0.1) is 0 Å². The predicted octanol–water partition coefficient (Wildman–Crippen LogP) is 2.42. The lowest BCUT2D eigenvalue weighted by Crippen LogP contribution is -2.38. The average molecular weight is 385 g/mol. The third-order valence-electron chi connectivity index (χ3n) is 3.78. The molecule has 1 saturated heterocycles. The topological polar surface area (TPSA) is 66.5 Å². The van der Waals surface area contributed by atoms with E-state index in [4.69, 9.17) is 11.6 Å². The first-order chi connectivity index (χ1) is 11.0. The fraction of sp³-hybridized carbons (Fsp3) is 0.500. The van der Waals surface area contributed by atoms with E-state index in [0.29, 0.717) is 6.42 Å². The Balaban J connectivity index is 2.00. The molecule has 0 aromatic heterocycles. The molecule has 1 aliphatic heterocycles.